The van der Waals surface area contributed by atoms with Crippen molar-refractivity contribution in [3.8, 4) is 11.8 Å². The third-order valence-electron chi connectivity index (χ3n) is 4.75. The third kappa shape index (κ3) is 3.82. The number of aromatic amines is 1. The van der Waals surface area contributed by atoms with Gasteiger partial charge in [-0.25, -0.2) is 9.97 Å². The van der Waals surface area contributed by atoms with Crippen molar-refractivity contribution < 1.29 is 4.79 Å². The molecule has 27 heavy (non-hydrogen) atoms. The van der Waals surface area contributed by atoms with Gasteiger partial charge in [0.15, 0.2) is 11.5 Å². The van der Waals surface area contributed by atoms with E-state index in [0.717, 1.165) is 23.9 Å². The van der Waals surface area contributed by atoms with Crippen molar-refractivity contribution in [3.63, 3.8) is 0 Å². The maximum Gasteiger partial charge on any atom is 0.287 e. The molecule has 4 rings (SSSR count). The van der Waals surface area contributed by atoms with E-state index in [9.17, 15) is 4.79 Å². The highest BCUT2D eigenvalue weighted by molar-refractivity contribution is 5.93. The first-order chi connectivity index (χ1) is 13.2. The number of carbonyl (C=O) groups excluding carboxylic acids is 1. The van der Waals surface area contributed by atoms with E-state index in [1.54, 1.807) is 12.3 Å². The van der Waals surface area contributed by atoms with E-state index in [-0.39, 0.29) is 17.8 Å². The Kier molecular flexibility index (Phi) is 4.84. The van der Waals surface area contributed by atoms with E-state index in [0.29, 0.717) is 12.1 Å². The molecule has 0 fully saturated rings. The van der Waals surface area contributed by atoms with Gasteiger partial charge < -0.3 is 10.3 Å². The van der Waals surface area contributed by atoms with Crippen LogP contribution in [0.15, 0.2) is 30.7 Å². The van der Waals surface area contributed by atoms with Crippen molar-refractivity contribution in [1.82, 2.24) is 25.3 Å². The minimum atomic E-state index is -0.249. The number of carbonyl (C=O) groups is 1. The molecule has 3 aromatic rings. The van der Waals surface area contributed by atoms with Crippen molar-refractivity contribution in [2.24, 2.45) is 0 Å². The number of amides is 1. The van der Waals surface area contributed by atoms with E-state index >= 15 is 0 Å². The molecule has 1 aliphatic carbocycles. The standard InChI is InChI=1S/C21H21N5O/c1-14(24-21(27)20-25-18-10-5-11-23-19(18)26-20)6-4-8-16-13-22-12-15-7-2-3-9-17(15)16/h5,10-14H,2-3,6-7,9H2,1H3,(H,24,27)(H,23,25,26)/t14-/m0/s1. The summed E-state index contributed by atoms with van der Waals surface area (Å²) in [6, 6.07) is 3.56. The van der Waals surface area contributed by atoms with Gasteiger partial charge in [0.1, 0.15) is 0 Å². The number of fused-ring (bicyclic) bond motifs is 2. The molecule has 3 heterocycles. The van der Waals surface area contributed by atoms with Gasteiger partial charge in [0, 0.05) is 36.6 Å². The molecule has 0 saturated carbocycles. The smallest absolute Gasteiger partial charge is 0.287 e. The zero-order chi connectivity index (χ0) is 18.6. The fraction of sp³-hybridized carbons (Fsp3) is 0.333. The Morgan fingerprint density at radius 2 is 2.22 bits per heavy atom. The van der Waals surface area contributed by atoms with Gasteiger partial charge in [0.2, 0.25) is 0 Å². The summed E-state index contributed by atoms with van der Waals surface area (Å²) in [5.41, 5.74) is 4.98. The Balaban J connectivity index is 1.40. The summed E-state index contributed by atoms with van der Waals surface area (Å²) in [6.07, 6.45) is 10.6. The fourth-order valence-electron chi connectivity index (χ4n) is 3.36. The molecule has 0 aromatic carbocycles. The molecule has 0 spiro atoms. The summed E-state index contributed by atoms with van der Waals surface area (Å²) in [7, 11) is 0. The Morgan fingerprint density at radius 1 is 1.33 bits per heavy atom. The molecule has 0 radical (unpaired) electrons. The second kappa shape index (κ2) is 7.58. The molecule has 0 unspecified atom stereocenters. The predicted octanol–water partition coefficient (Wildman–Crippen LogP) is 2.79. The lowest BCUT2D eigenvalue weighted by molar-refractivity contribution is 0.0931. The van der Waals surface area contributed by atoms with Gasteiger partial charge >= 0.3 is 0 Å². The third-order valence-corrected chi connectivity index (χ3v) is 4.75. The first kappa shape index (κ1) is 17.2. The van der Waals surface area contributed by atoms with Crippen LogP contribution in [0, 0.1) is 11.8 Å². The number of pyridine rings is 2. The van der Waals surface area contributed by atoms with E-state index in [1.165, 1.54) is 24.0 Å². The van der Waals surface area contributed by atoms with Crippen molar-refractivity contribution in [2.75, 3.05) is 0 Å². The zero-order valence-electron chi connectivity index (χ0n) is 15.2. The van der Waals surface area contributed by atoms with E-state index < -0.39 is 0 Å². The fourth-order valence-corrected chi connectivity index (χ4v) is 3.36. The minimum Gasteiger partial charge on any atom is -0.346 e. The summed E-state index contributed by atoms with van der Waals surface area (Å²) in [6.45, 7) is 1.94. The highest BCUT2D eigenvalue weighted by atomic mass is 16.2. The molecular weight excluding hydrogens is 338 g/mol. The molecule has 6 nitrogen and oxygen atoms in total. The lowest BCUT2D eigenvalue weighted by Crippen LogP contribution is -2.32. The average Bonchev–Trinajstić information content (AvgIpc) is 3.12. The largest absolute Gasteiger partial charge is 0.346 e. The number of nitrogens with one attached hydrogen (secondary N) is 2. The highest BCUT2D eigenvalue weighted by Gasteiger charge is 2.14. The summed E-state index contributed by atoms with van der Waals surface area (Å²) >= 11 is 0. The predicted molar refractivity (Wildman–Crippen MR) is 103 cm³/mol. The van der Waals surface area contributed by atoms with Gasteiger partial charge in [-0.1, -0.05) is 11.8 Å². The summed E-state index contributed by atoms with van der Waals surface area (Å²) in [5, 5.41) is 2.93. The first-order valence-electron chi connectivity index (χ1n) is 9.27. The second-order valence-corrected chi connectivity index (χ2v) is 6.87. The number of hydrogen-bond donors (Lipinski definition) is 2. The van der Waals surface area contributed by atoms with E-state index in [2.05, 4.69) is 37.1 Å². The van der Waals surface area contributed by atoms with Crippen LogP contribution in [0.25, 0.3) is 11.2 Å². The Morgan fingerprint density at radius 3 is 3.11 bits per heavy atom. The molecule has 3 aromatic heterocycles. The number of hydrogen-bond acceptors (Lipinski definition) is 4. The molecule has 0 saturated heterocycles. The van der Waals surface area contributed by atoms with Crippen molar-refractivity contribution >= 4 is 17.1 Å². The van der Waals surface area contributed by atoms with Crippen LogP contribution in [-0.2, 0) is 12.8 Å². The number of imidazole rings is 1. The SMILES string of the molecule is C[C@@H](CC#Cc1cncc2c1CCCC2)NC(=O)c1nc2ncccc2[nH]1. The Bertz CT molecular complexity index is 1010. The van der Waals surface area contributed by atoms with Crippen molar-refractivity contribution in [2.45, 2.75) is 45.1 Å². The van der Waals surface area contributed by atoms with Gasteiger partial charge in [0.05, 0.1) is 5.52 Å². The van der Waals surface area contributed by atoms with Gasteiger partial charge in [-0.15, -0.1) is 0 Å². The van der Waals surface area contributed by atoms with Gasteiger partial charge in [-0.3, -0.25) is 9.78 Å². The highest BCUT2D eigenvalue weighted by Crippen LogP contribution is 2.22. The lowest BCUT2D eigenvalue weighted by Gasteiger charge is -2.16. The maximum absolute atomic E-state index is 12.4. The van der Waals surface area contributed by atoms with Crippen LogP contribution in [-0.4, -0.2) is 31.9 Å². The Hall–Kier alpha value is -3.20. The number of rotatable bonds is 3. The Labute approximate surface area is 157 Å². The molecule has 0 bridgehead atoms. The van der Waals surface area contributed by atoms with Crippen LogP contribution in [0.1, 0.15) is 53.5 Å². The second-order valence-electron chi connectivity index (χ2n) is 6.87. The zero-order valence-corrected chi connectivity index (χ0v) is 15.2. The number of aryl methyl sites for hydroxylation is 1. The monoisotopic (exact) mass is 359 g/mol. The van der Waals surface area contributed by atoms with Crippen LogP contribution < -0.4 is 5.32 Å². The molecule has 1 atom stereocenters. The van der Waals surface area contributed by atoms with Crippen LogP contribution in [0.5, 0.6) is 0 Å². The number of nitrogens with zero attached hydrogens (tertiary/aromatic N) is 3. The summed E-state index contributed by atoms with van der Waals surface area (Å²) in [4.78, 5) is 28.0. The van der Waals surface area contributed by atoms with Crippen molar-refractivity contribution in [1.29, 1.82) is 0 Å². The molecule has 1 amide bonds. The molecule has 1 aliphatic rings. The first-order valence-corrected chi connectivity index (χ1v) is 9.27. The summed E-state index contributed by atoms with van der Waals surface area (Å²) < 4.78 is 0. The van der Waals surface area contributed by atoms with Crippen LogP contribution in [0.2, 0.25) is 0 Å². The molecule has 136 valence electrons. The minimum absolute atomic E-state index is 0.0846. The van der Waals surface area contributed by atoms with E-state index in [4.69, 9.17) is 0 Å². The normalized spacial score (nSPS) is 14.1. The van der Waals surface area contributed by atoms with E-state index in [1.807, 2.05) is 25.4 Å². The average molecular weight is 359 g/mol. The van der Waals surface area contributed by atoms with Gasteiger partial charge in [-0.05, 0) is 55.9 Å². The summed E-state index contributed by atoms with van der Waals surface area (Å²) in [5.74, 6) is 6.45. The molecule has 6 heteroatoms. The lowest BCUT2D eigenvalue weighted by atomic mass is 9.90. The van der Waals surface area contributed by atoms with Crippen LogP contribution in [0.4, 0.5) is 0 Å². The molecule has 0 aliphatic heterocycles. The van der Waals surface area contributed by atoms with Gasteiger partial charge in [-0.2, -0.15) is 0 Å². The molecule has 2 N–H and O–H groups in total. The van der Waals surface area contributed by atoms with Crippen LogP contribution >= 0.6 is 0 Å². The van der Waals surface area contributed by atoms with Crippen LogP contribution in [0.3, 0.4) is 0 Å². The number of aromatic nitrogens is 4. The maximum atomic E-state index is 12.4. The van der Waals surface area contributed by atoms with Crippen molar-refractivity contribution in [3.05, 3.63) is 53.2 Å². The topological polar surface area (TPSA) is 83.6 Å². The quantitative estimate of drug-likeness (QED) is 0.705. The number of H-pyrrole nitrogens is 1. The molecular formula is C21H21N5O. The van der Waals surface area contributed by atoms with Gasteiger partial charge in [0.25, 0.3) is 5.91 Å².